The minimum Gasteiger partial charge on any atom is -0.381 e. The monoisotopic (exact) mass is 317 g/mol. The van der Waals surface area contributed by atoms with Gasteiger partial charge in [0.15, 0.2) is 5.82 Å². The third-order valence-corrected chi connectivity index (χ3v) is 3.75. The number of ether oxygens (including phenoxy) is 1. The Kier molecular flexibility index (Phi) is 4.82. The number of aromatic nitrogens is 3. The summed E-state index contributed by atoms with van der Waals surface area (Å²) in [5, 5.41) is 9.51. The van der Waals surface area contributed by atoms with Crippen molar-refractivity contribution in [3.05, 3.63) is 36.2 Å². The van der Waals surface area contributed by atoms with E-state index in [1.807, 2.05) is 0 Å². The van der Waals surface area contributed by atoms with Gasteiger partial charge in [-0.1, -0.05) is 5.16 Å². The highest BCUT2D eigenvalue weighted by atomic mass is 16.5. The smallest absolute Gasteiger partial charge is 0.319 e. The molecule has 1 saturated heterocycles. The molecule has 1 aliphatic heterocycles. The van der Waals surface area contributed by atoms with Gasteiger partial charge in [0, 0.05) is 19.4 Å². The molecule has 1 atom stereocenters. The van der Waals surface area contributed by atoms with Crippen molar-refractivity contribution in [3.63, 3.8) is 0 Å². The molecule has 2 amide bonds. The van der Waals surface area contributed by atoms with Gasteiger partial charge in [0.25, 0.3) is 0 Å². The Morgan fingerprint density at radius 3 is 2.87 bits per heavy atom. The molecule has 0 radical (unpaired) electrons. The molecule has 0 aromatic carbocycles. The van der Waals surface area contributed by atoms with Crippen LogP contribution in [0.5, 0.6) is 0 Å². The summed E-state index contributed by atoms with van der Waals surface area (Å²) in [6.07, 6.45) is 4.90. The fraction of sp³-hybridized carbons (Fsp3) is 0.467. The van der Waals surface area contributed by atoms with E-state index in [4.69, 9.17) is 9.26 Å². The van der Waals surface area contributed by atoms with E-state index in [9.17, 15) is 4.79 Å². The molecule has 0 aliphatic carbocycles. The second kappa shape index (κ2) is 7.19. The normalized spacial score (nSPS) is 16.7. The summed E-state index contributed by atoms with van der Waals surface area (Å²) in [6.45, 7) is 3.09. The van der Waals surface area contributed by atoms with Crippen molar-refractivity contribution in [1.82, 2.24) is 20.4 Å². The van der Waals surface area contributed by atoms with Crippen LogP contribution in [0.15, 0.2) is 29.0 Å². The molecule has 0 saturated carbocycles. The van der Waals surface area contributed by atoms with Crippen LogP contribution in [0.3, 0.4) is 0 Å². The molecule has 3 rings (SSSR count). The van der Waals surface area contributed by atoms with Gasteiger partial charge in [-0.15, -0.1) is 0 Å². The number of hydrogen-bond donors (Lipinski definition) is 2. The number of amides is 2. The molecule has 1 aliphatic rings. The number of rotatable bonds is 4. The Balaban J connectivity index is 1.71. The molecule has 0 unspecified atom stereocenters. The minimum atomic E-state index is -0.336. The maximum absolute atomic E-state index is 12.3. The van der Waals surface area contributed by atoms with Gasteiger partial charge in [-0.05, 0) is 37.8 Å². The van der Waals surface area contributed by atoms with Crippen LogP contribution < -0.4 is 10.6 Å². The van der Waals surface area contributed by atoms with E-state index >= 15 is 0 Å². The molecule has 2 N–H and O–H groups in total. The first-order chi connectivity index (χ1) is 11.2. The fourth-order valence-corrected chi connectivity index (χ4v) is 2.61. The van der Waals surface area contributed by atoms with Crippen molar-refractivity contribution in [1.29, 1.82) is 0 Å². The molecular weight excluding hydrogens is 298 g/mol. The fourth-order valence-electron chi connectivity index (χ4n) is 2.61. The van der Waals surface area contributed by atoms with Crippen LogP contribution in [0.25, 0.3) is 0 Å². The molecule has 0 spiro atoms. The molecule has 8 nitrogen and oxygen atoms in total. The Morgan fingerprint density at radius 2 is 2.22 bits per heavy atom. The van der Waals surface area contributed by atoms with Crippen molar-refractivity contribution in [2.45, 2.75) is 25.8 Å². The van der Waals surface area contributed by atoms with Crippen LogP contribution >= 0.6 is 0 Å². The van der Waals surface area contributed by atoms with E-state index in [2.05, 4.69) is 25.8 Å². The maximum Gasteiger partial charge on any atom is 0.319 e. The second-order valence-electron chi connectivity index (χ2n) is 5.45. The minimum absolute atomic E-state index is 0.197. The first-order valence-electron chi connectivity index (χ1n) is 7.58. The van der Waals surface area contributed by atoms with Crippen molar-refractivity contribution in [2.75, 3.05) is 18.5 Å². The van der Waals surface area contributed by atoms with Gasteiger partial charge >= 0.3 is 6.03 Å². The summed E-state index contributed by atoms with van der Waals surface area (Å²) >= 11 is 0. The molecule has 8 heteroatoms. The van der Waals surface area contributed by atoms with Crippen molar-refractivity contribution in [3.8, 4) is 0 Å². The highest BCUT2D eigenvalue weighted by molar-refractivity contribution is 5.89. The Hall–Kier alpha value is -2.48. The molecule has 0 bridgehead atoms. The van der Waals surface area contributed by atoms with Gasteiger partial charge in [0.05, 0.1) is 11.9 Å². The van der Waals surface area contributed by atoms with Gasteiger partial charge in [0.2, 0.25) is 5.89 Å². The third-order valence-electron chi connectivity index (χ3n) is 3.75. The van der Waals surface area contributed by atoms with Gasteiger partial charge in [-0.2, -0.15) is 4.98 Å². The summed E-state index contributed by atoms with van der Waals surface area (Å²) in [5.41, 5.74) is 0.623. The largest absolute Gasteiger partial charge is 0.381 e. The van der Waals surface area contributed by atoms with Crippen LogP contribution in [-0.4, -0.2) is 34.4 Å². The van der Waals surface area contributed by atoms with Crippen LogP contribution in [-0.2, 0) is 4.74 Å². The molecule has 2 aromatic heterocycles. The molecule has 3 heterocycles. The van der Waals surface area contributed by atoms with E-state index in [1.165, 1.54) is 0 Å². The Morgan fingerprint density at radius 1 is 1.39 bits per heavy atom. The number of anilines is 1. The van der Waals surface area contributed by atoms with E-state index in [0.717, 1.165) is 12.8 Å². The summed E-state index contributed by atoms with van der Waals surface area (Å²) in [7, 11) is 0. The summed E-state index contributed by atoms with van der Waals surface area (Å²) < 4.78 is 10.7. The lowest BCUT2D eigenvalue weighted by molar-refractivity contribution is 0.0506. The van der Waals surface area contributed by atoms with E-state index in [0.29, 0.717) is 30.6 Å². The second-order valence-corrected chi connectivity index (χ2v) is 5.45. The molecule has 23 heavy (non-hydrogen) atoms. The predicted molar refractivity (Wildman–Crippen MR) is 81.7 cm³/mol. The van der Waals surface area contributed by atoms with Crippen LogP contribution in [0, 0.1) is 12.8 Å². The Bertz CT molecular complexity index is 640. The standard InChI is InChI=1S/C15H19N5O3/c1-10-17-14(23-20-10)13(11-4-7-22-8-5-11)19-15(21)18-12-3-2-6-16-9-12/h2-3,6,9,11,13H,4-5,7-8H2,1H3,(H2,18,19,21)/t13-/m0/s1. The average molecular weight is 317 g/mol. The summed E-state index contributed by atoms with van der Waals surface area (Å²) in [6, 6.07) is 2.86. The number of urea groups is 1. The predicted octanol–water partition coefficient (Wildman–Crippen LogP) is 2.06. The molecular formula is C15H19N5O3. The van der Waals surface area contributed by atoms with Crippen LogP contribution in [0.1, 0.15) is 30.6 Å². The van der Waals surface area contributed by atoms with Gasteiger partial charge in [-0.3, -0.25) is 4.98 Å². The van der Waals surface area contributed by atoms with Crippen LogP contribution in [0.4, 0.5) is 10.5 Å². The van der Waals surface area contributed by atoms with Gasteiger partial charge in [-0.25, -0.2) is 4.79 Å². The zero-order valence-electron chi connectivity index (χ0n) is 12.9. The zero-order chi connectivity index (χ0) is 16.1. The SMILES string of the molecule is Cc1noc([C@@H](NC(=O)Nc2cccnc2)C2CCOCC2)n1. The van der Waals surface area contributed by atoms with Crippen LogP contribution in [0.2, 0.25) is 0 Å². The Labute approximate surface area is 133 Å². The number of nitrogens with zero attached hydrogens (tertiary/aromatic N) is 3. The number of aryl methyl sites for hydroxylation is 1. The maximum atomic E-state index is 12.3. The number of nitrogens with one attached hydrogen (secondary N) is 2. The molecule has 1 fully saturated rings. The number of pyridine rings is 1. The lowest BCUT2D eigenvalue weighted by Gasteiger charge is -2.28. The average Bonchev–Trinajstić information content (AvgIpc) is 3.00. The number of carbonyl (C=O) groups excluding carboxylic acids is 1. The van der Waals surface area contributed by atoms with Gasteiger partial charge < -0.3 is 19.9 Å². The number of carbonyl (C=O) groups is 1. The third kappa shape index (κ3) is 4.04. The van der Waals surface area contributed by atoms with Crippen molar-refractivity contribution < 1.29 is 14.1 Å². The van der Waals surface area contributed by atoms with Gasteiger partial charge in [0.1, 0.15) is 6.04 Å². The highest BCUT2D eigenvalue weighted by Crippen LogP contribution is 2.29. The summed E-state index contributed by atoms with van der Waals surface area (Å²) in [5.74, 6) is 1.17. The number of hydrogen-bond acceptors (Lipinski definition) is 6. The highest BCUT2D eigenvalue weighted by Gasteiger charge is 2.31. The van der Waals surface area contributed by atoms with E-state index in [1.54, 1.807) is 31.5 Å². The topological polar surface area (TPSA) is 102 Å². The van der Waals surface area contributed by atoms with Crippen molar-refractivity contribution >= 4 is 11.7 Å². The lowest BCUT2D eigenvalue weighted by Crippen LogP contribution is -2.38. The van der Waals surface area contributed by atoms with Crippen molar-refractivity contribution in [2.24, 2.45) is 5.92 Å². The van der Waals surface area contributed by atoms with E-state index < -0.39 is 0 Å². The first-order valence-corrected chi connectivity index (χ1v) is 7.58. The zero-order valence-corrected chi connectivity index (χ0v) is 12.9. The van der Waals surface area contributed by atoms with E-state index in [-0.39, 0.29) is 18.0 Å². The first kappa shape index (κ1) is 15.4. The molecule has 2 aromatic rings. The quantitative estimate of drug-likeness (QED) is 0.895. The molecule has 122 valence electrons. The lowest BCUT2D eigenvalue weighted by atomic mass is 9.91. The summed E-state index contributed by atoms with van der Waals surface area (Å²) in [4.78, 5) is 20.5.